The quantitative estimate of drug-likeness (QED) is 0.768. The number of methoxy groups -OCH3 is 1. The molecule has 0 aliphatic carbocycles. The van der Waals surface area contributed by atoms with Crippen LogP contribution in [0, 0.1) is 0 Å². The van der Waals surface area contributed by atoms with Gasteiger partial charge in [-0.15, -0.1) is 11.6 Å². The van der Waals surface area contributed by atoms with Gasteiger partial charge in [-0.25, -0.2) is 4.98 Å². The van der Waals surface area contributed by atoms with Crippen LogP contribution in [0.3, 0.4) is 0 Å². The Morgan fingerprint density at radius 2 is 2.05 bits per heavy atom. The summed E-state index contributed by atoms with van der Waals surface area (Å²) >= 11 is 5.95. The Labute approximate surface area is 131 Å². The number of para-hydroxylation sites is 1. The molecule has 2 rings (SSSR count). The molecular formula is C16H24ClN3O. The zero-order valence-electron chi connectivity index (χ0n) is 13.5. The van der Waals surface area contributed by atoms with E-state index >= 15 is 0 Å². The normalized spacial score (nSPS) is 12.3. The highest BCUT2D eigenvalue weighted by atomic mass is 35.5. The number of hydrogen-bond donors (Lipinski definition) is 0. The number of rotatable bonds is 6. The van der Waals surface area contributed by atoms with Crippen LogP contribution >= 0.6 is 11.6 Å². The van der Waals surface area contributed by atoms with E-state index in [1.807, 2.05) is 12.1 Å². The second-order valence-electron chi connectivity index (χ2n) is 6.09. The van der Waals surface area contributed by atoms with Gasteiger partial charge in [0.2, 0.25) is 0 Å². The van der Waals surface area contributed by atoms with Crippen LogP contribution in [0.15, 0.2) is 18.2 Å². The molecule has 0 saturated heterocycles. The summed E-state index contributed by atoms with van der Waals surface area (Å²) < 4.78 is 7.70. The van der Waals surface area contributed by atoms with Crippen molar-refractivity contribution in [3.8, 4) is 5.75 Å². The van der Waals surface area contributed by atoms with Crippen LogP contribution in [-0.2, 0) is 13.0 Å². The Morgan fingerprint density at radius 1 is 1.33 bits per heavy atom. The third-order valence-electron chi connectivity index (χ3n) is 4.11. The maximum Gasteiger partial charge on any atom is 0.146 e. The smallest absolute Gasteiger partial charge is 0.146 e. The lowest BCUT2D eigenvalue weighted by Crippen LogP contribution is -2.42. The summed E-state index contributed by atoms with van der Waals surface area (Å²) in [5.74, 6) is 2.39. The lowest BCUT2D eigenvalue weighted by atomic mass is 10.0. The number of ether oxygens (including phenoxy) is 1. The monoisotopic (exact) mass is 309 g/mol. The van der Waals surface area contributed by atoms with Crippen molar-refractivity contribution in [2.45, 2.75) is 32.4 Å². The lowest BCUT2D eigenvalue weighted by molar-refractivity contribution is 0.170. The fourth-order valence-electron chi connectivity index (χ4n) is 2.31. The SMILES string of the molecule is COc1cccc2c1nc(CCCl)n2CC(C)(C)N(C)C. The van der Waals surface area contributed by atoms with E-state index in [1.54, 1.807) is 7.11 Å². The minimum absolute atomic E-state index is 0.0256. The standard InChI is InChI=1S/C16H24ClN3O/c1-16(2,19(3)4)11-20-12-7-6-8-13(21-5)15(12)18-14(20)9-10-17/h6-8H,9-11H2,1-5H3. The molecule has 0 aliphatic rings. The molecule has 1 aromatic carbocycles. The number of benzene rings is 1. The maximum atomic E-state index is 5.95. The topological polar surface area (TPSA) is 30.3 Å². The molecule has 1 aromatic heterocycles. The predicted octanol–water partition coefficient (Wildman–Crippen LogP) is 3.17. The summed E-state index contributed by atoms with van der Waals surface area (Å²) in [5, 5.41) is 0. The third-order valence-corrected chi connectivity index (χ3v) is 4.30. The van der Waals surface area contributed by atoms with Gasteiger partial charge in [0.15, 0.2) is 0 Å². The number of nitrogens with zero attached hydrogens (tertiary/aromatic N) is 3. The van der Waals surface area contributed by atoms with Gasteiger partial charge in [-0.3, -0.25) is 0 Å². The number of hydrogen-bond acceptors (Lipinski definition) is 3. The lowest BCUT2D eigenvalue weighted by Gasteiger charge is -2.33. The molecule has 0 aliphatic heterocycles. The zero-order valence-corrected chi connectivity index (χ0v) is 14.2. The van der Waals surface area contributed by atoms with E-state index in [9.17, 15) is 0 Å². The first-order chi connectivity index (χ1) is 9.90. The highest BCUT2D eigenvalue weighted by molar-refractivity contribution is 6.17. The van der Waals surface area contributed by atoms with Crippen LogP contribution in [-0.4, -0.2) is 47.1 Å². The summed E-state index contributed by atoms with van der Waals surface area (Å²) in [4.78, 5) is 6.98. The highest BCUT2D eigenvalue weighted by Crippen LogP contribution is 2.28. The van der Waals surface area contributed by atoms with Gasteiger partial charge in [0.1, 0.15) is 17.1 Å². The Kier molecular flexibility index (Phi) is 4.79. The molecule has 0 bridgehead atoms. The Morgan fingerprint density at radius 3 is 2.62 bits per heavy atom. The third kappa shape index (κ3) is 3.16. The number of halogens is 1. The van der Waals surface area contributed by atoms with E-state index in [0.29, 0.717) is 5.88 Å². The van der Waals surface area contributed by atoms with Crippen molar-refractivity contribution >= 4 is 22.6 Å². The van der Waals surface area contributed by atoms with Crippen molar-refractivity contribution in [1.29, 1.82) is 0 Å². The van der Waals surface area contributed by atoms with Crippen LogP contribution in [0.1, 0.15) is 19.7 Å². The van der Waals surface area contributed by atoms with Gasteiger partial charge in [-0.2, -0.15) is 0 Å². The van der Waals surface area contributed by atoms with Crippen molar-refractivity contribution in [3.63, 3.8) is 0 Å². The zero-order chi connectivity index (χ0) is 15.6. The minimum Gasteiger partial charge on any atom is -0.494 e. The average Bonchev–Trinajstić information content (AvgIpc) is 2.76. The second kappa shape index (κ2) is 6.24. The molecule has 2 aromatic rings. The van der Waals surface area contributed by atoms with E-state index in [0.717, 1.165) is 35.6 Å². The molecule has 0 atom stereocenters. The Bertz CT molecular complexity index is 619. The fourth-order valence-corrected chi connectivity index (χ4v) is 2.48. The molecular weight excluding hydrogens is 286 g/mol. The Balaban J connectivity index is 2.56. The molecule has 5 heteroatoms. The number of alkyl halides is 1. The van der Waals surface area contributed by atoms with E-state index < -0.39 is 0 Å². The fraction of sp³-hybridized carbons (Fsp3) is 0.562. The number of fused-ring (bicyclic) bond motifs is 1. The number of aromatic nitrogens is 2. The summed E-state index contributed by atoms with van der Waals surface area (Å²) in [6.07, 6.45) is 0.753. The van der Waals surface area contributed by atoms with Crippen LogP contribution in [0.5, 0.6) is 5.75 Å². The Hall–Kier alpha value is -1.26. The van der Waals surface area contributed by atoms with Crippen LogP contribution in [0.4, 0.5) is 0 Å². The number of likely N-dealkylation sites (N-methyl/N-ethyl adjacent to an activating group) is 1. The summed E-state index contributed by atoms with van der Waals surface area (Å²) in [6.45, 7) is 5.31. The van der Waals surface area contributed by atoms with Gasteiger partial charge >= 0.3 is 0 Å². The maximum absolute atomic E-state index is 5.95. The molecule has 0 saturated carbocycles. The van der Waals surface area contributed by atoms with Gasteiger partial charge in [0.25, 0.3) is 0 Å². The van der Waals surface area contributed by atoms with E-state index in [2.05, 4.69) is 43.5 Å². The first-order valence-corrected chi connectivity index (χ1v) is 7.69. The molecule has 0 spiro atoms. The van der Waals surface area contributed by atoms with Crippen LogP contribution < -0.4 is 4.74 Å². The number of imidazole rings is 1. The van der Waals surface area contributed by atoms with E-state index in [1.165, 1.54) is 0 Å². The van der Waals surface area contributed by atoms with E-state index in [4.69, 9.17) is 21.3 Å². The molecule has 0 unspecified atom stereocenters. The minimum atomic E-state index is 0.0256. The van der Waals surface area contributed by atoms with Crippen molar-refractivity contribution in [2.75, 3.05) is 27.1 Å². The first kappa shape index (κ1) is 16.1. The summed E-state index contributed by atoms with van der Waals surface area (Å²) in [5.41, 5.74) is 2.04. The molecule has 4 nitrogen and oxygen atoms in total. The van der Waals surface area contributed by atoms with E-state index in [-0.39, 0.29) is 5.54 Å². The van der Waals surface area contributed by atoms with Crippen molar-refractivity contribution < 1.29 is 4.74 Å². The van der Waals surface area contributed by atoms with Gasteiger partial charge in [-0.05, 0) is 40.1 Å². The molecule has 0 amide bonds. The first-order valence-electron chi connectivity index (χ1n) is 7.16. The molecule has 21 heavy (non-hydrogen) atoms. The molecule has 1 heterocycles. The van der Waals surface area contributed by atoms with Crippen molar-refractivity contribution in [2.24, 2.45) is 0 Å². The molecule has 0 radical (unpaired) electrons. The van der Waals surface area contributed by atoms with Gasteiger partial charge in [-0.1, -0.05) is 6.07 Å². The summed E-state index contributed by atoms with van der Waals surface area (Å²) in [7, 11) is 5.88. The van der Waals surface area contributed by atoms with Crippen molar-refractivity contribution in [1.82, 2.24) is 14.5 Å². The molecule has 116 valence electrons. The highest BCUT2D eigenvalue weighted by Gasteiger charge is 2.24. The molecule has 0 fully saturated rings. The van der Waals surface area contributed by atoms with Crippen LogP contribution in [0.25, 0.3) is 11.0 Å². The van der Waals surface area contributed by atoms with Crippen molar-refractivity contribution in [3.05, 3.63) is 24.0 Å². The van der Waals surface area contributed by atoms with Gasteiger partial charge < -0.3 is 14.2 Å². The second-order valence-corrected chi connectivity index (χ2v) is 6.47. The predicted molar refractivity (Wildman–Crippen MR) is 88.5 cm³/mol. The molecule has 0 N–H and O–H groups in total. The van der Waals surface area contributed by atoms with Crippen LogP contribution in [0.2, 0.25) is 0 Å². The summed E-state index contributed by atoms with van der Waals surface area (Å²) in [6, 6.07) is 6.04. The largest absolute Gasteiger partial charge is 0.494 e. The average molecular weight is 310 g/mol. The van der Waals surface area contributed by atoms with Gasteiger partial charge in [0.05, 0.1) is 12.6 Å². The number of aryl methyl sites for hydroxylation is 1. The van der Waals surface area contributed by atoms with Gasteiger partial charge in [0, 0.05) is 24.4 Å².